The molecule has 0 amide bonds. The van der Waals surface area contributed by atoms with Gasteiger partial charge in [-0.05, 0) is 48.6 Å². The van der Waals surface area contributed by atoms with E-state index >= 15 is 0 Å². The van der Waals surface area contributed by atoms with E-state index in [9.17, 15) is 4.79 Å². The summed E-state index contributed by atoms with van der Waals surface area (Å²) in [4.78, 5) is 12.2. The van der Waals surface area contributed by atoms with Crippen molar-refractivity contribution in [2.75, 3.05) is 0 Å². The maximum atomic E-state index is 12.2. The standard InChI is InChI=1S/C19H22ClNO/c1-3-14-8-9-15(13(2)12-14)18(21)10-11-19(22)16-6-4-5-7-17(16)20/h4-9,12,18H,3,10-11,21H2,1-2H3. The van der Waals surface area contributed by atoms with Gasteiger partial charge < -0.3 is 5.73 Å². The van der Waals surface area contributed by atoms with Gasteiger partial charge in [-0.25, -0.2) is 0 Å². The fourth-order valence-electron chi connectivity index (χ4n) is 2.64. The molecule has 3 heteroatoms. The van der Waals surface area contributed by atoms with Gasteiger partial charge in [-0.3, -0.25) is 4.79 Å². The molecule has 0 heterocycles. The maximum Gasteiger partial charge on any atom is 0.164 e. The Kier molecular flexibility index (Phi) is 5.76. The molecular formula is C19H22ClNO. The van der Waals surface area contributed by atoms with Gasteiger partial charge in [0.15, 0.2) is 5.78 Å². The highest BCUT2D eigenvalue weighted by Gasteiger charge is 2.14. The van der Waals surface area contributed by atoms with Crippen molar-refractivity contribution in [2.45, 2.75) is 39.2 Å². The first-order valence-electron chi connectivity index (χ1n) is 7.65. The zero-order valence-electron chi connectivity index (χ0n) is 13.1. The lowest BCUT2D eigenvalue weighted by Crippen LogP contribution is -2.14. The molecule has 0 fully saturated rings. The number of ketones is 1. The van der Waals surface area contributed by atoms with Crippen LogP contribution >= 0.6 is 11.6 Å². The lowest BCUT2D eigenvalue weighted by atomic mass is 9.94. The minimum absolute atomic E-state index is 0.0453. The average molecular weight is 316 g/mol. The van der Waals surface area contributed by atoms with Crippen molar-refractivity contribution in [3.63, 3.8) is 0 Å². The zero-order valence-corrected chi connectivity index (χ0v) is 13.9. The summed E-state index contributed by atoms with van der Waals surface area (Å²) in [7, 11) is 0. The maximum absolute atomic E-state index is 12.2. The van der Waals surface area contributed by atoms with E-state index in [1.54, 1.807) is 12.1 Å². The van der Waals surface area contributed by atoms with Gasteiger partial charge in [0, 0.05) is 18.0 Å². The van der Waals surface area contributed by atoms with Crippen molar-refractivity contribution in [2.24, 2.45) is 5.73 Å². The molecule has 2 aromatic carbocycles. The van der Waals surface area contributed by atoms with Gasteiger partial charge in [0.05, 0.1) is 5.02 Å². The lowest BCUT2D eigenvalue weighted by molar-refractivity contribution is 0.0977. The van der Waals surface area contributed by atoms with Gasteiger partial charge in [-0.15, -0.1) is 0 Å². The third-order valence-electron chi connectivity index (χ3n) is 4.00. The molecule has 0 aliphatic rings. The molecule has 2 N–H and O–H groups in total. The second-order valence-corrected chi connectivity index (χ2v) is 6.00. The largest absolute Gasteiger partial charge is 0.324 e. The molecule has 2 nitrogen and oxygen atoms in total. The molecule has 0 saturated heterocycles. The van der Waals surface area contributed by atoms with Crippen LogP contribution in [-0.2, 0) is 6.42 Å². The molecule has 0 bridgehead atoms. The van der Waals surface area contributed by atoms with Crippen LogP contribution in [-0.4, -0.2) is 5.78 Å². The molecule has 0 aliphatic heterocycles. The summed E-state index contributed by atoms with van der Waals surface area (Å²) in [6.07, 6.45) is 2.04. The van der Waals surface area contributed by atoms with Crippen molar-refractivity contribution >= 4 is 17.4 Å². The van der Waals surface area contributed by atoms with Crippen LogP contribution in [0.5, 0.6) is 0 Å². The third-order valence-corrected chi connectivity index (χ3v) is 4.33. The van der Waals surface area contributed by atoms with Gasteiger partial charge in [-0.2, -0.15) is 0 Å². The fraction of sp³-hybridized carbons (Fsp3) is 0.316. The molecule has 0 saturated carbocycles. The molecule has 0 spiro atoms. The van der Waals surface area contributed by atoms with E-state index in [2.05, 4.69) is 32.0 Å². The van der Waals surface area contributed by atoms with Crippen LogP contribution in [0.15, 0.2) is 42.5 Å². The van der Waals surface area contributed by atoms with Crippen molar-refractivity contribution in [1.29, 1.82) is 0 Å². The van der Waals surface area contributed by atoms with E-state index in [-0.39, 0.29) is 11.8 Å². The number of carbonyl (C=O) groups is 1. The van der Waals surface area contributed by atoms with Gasteiger partial charge in [0.25, 0.3) is 0 Å². The van der Waals surface area contributed by atoms with Crippen LogP contribution < -0.4 is 5.73 Å². The Morgan fingerprint density at radius 1 is 1.23 bits per heavy atom. The monoisotopic (exact) mass is 315 g/mol. The second kappa shape index (κ2) is 7.57. The third kappa shape index (κ3) is 3.96. The predicted molar refractivity (Wildman–Crippen MR) is 92.5 cm³/mol. The van der Waals surface area contributed by atoms with Gasteiger partial charge >= 0.3 is 0 Å². The number of carbonyl (C=O) groups excluding carboxylic acids is 1. The number of hydrogen-bond acceptors (Lipinski definition) is 2. The van der Waals surface area contributed by atoms with Crippen LogP contribution in [0, 0.1) is 6.92 Å². The van der Waals surface area contributed by atoms with E-state index < -0.39 is 0 Å². The Hall–Kier alpha value is -1.64. The van der Waals surface area contributed by atoms with Crippen molar-refractivity contribution in [3.8, 4) is 0 Å². The van der Waals surface area contributed by atoms with E-state index in [1.165, 1.54) is 11.1 Å². The normalized spacial score (nSPS) is 12.2. The molecule has 0 aromatic heterocycles. The van der Waals surface area contributed by atoms with E-state index in [4.69, 9.17) is 17.3 Å². The Morgan fingerprint density at radius 3 is 2.59 bits per heavy atom. The molecule has 1 unspecified atom stereocenters. The minimum Gasteiger partial charge on any atom is -0.324 e. The molecule has 22 heavy (non-hydrogen) atoms. The number of Topliss-reactive ketones (excluding diaryl/α,β-unsaturated/α-hetero) is 1. The van der Waals surface area contributed by atoms with E-state index in [0.29, 0.717) is 23.4 Å². The number of rotatable bonds is 6. The highest BCUT2D eigenvalue weighted by atomic mass is 35.5. The Balaban J connectivity index is 2.02. The van der Waals surface area contributed by atoms with Crippen molar-refractivity contribution in [1.82, 2.24) is 0 Å². The first-order valence-corrected chi connectivity index (χ1v) is 8.03. The van der Waals surface area contributed by atoms with Crippen LogP contribution in [0.2, 0.25) is 5.02 Å². The molecule has 0 aliphatic carbocycles. The first kappa shape index (κ1) is 16.7. The SMILES string of the molecule is CCc1ccc(C(N)CCC(=O)c2ccccc2Cl)c(C)c1. The summed E-state index contributed by atoms with van der Waals surface area (Å²) >= 11 is 6.06. The smallest absolute Gasteiger partial charge is 0.164 e. The molecule has 1 atom stereocenters. The van der Waals surface area contributed by atoms with E-state index in [0.717, 1.165) is 12.0 Å². The first-order chi connectivity index (χ1) is 10.5. The summed E-state index contributed by atoms with van der Waals surface area (Å²) < 4.78 is 0. The Bertz CT molecular complexity index is 666. The predicted octanol–water partition coefficient (Wildman–Crippen LogP) is 4.87. The minimum atomic E-state index is -0.127. The molecule has 2 rings (SSSR count). The Morgan fingerprint density at radius 2 is 1.95 bits per heavy atom. The summed E-state index contributed by atoms with van der Waals surface area (Å²) in [6, 6.07) is 13.4. The van der Waals surface area contributed by atoms with Crippen LogP contribution in [0.3, 0.4) is 0 Å². The number of aryl methyl sites for hydroxylation is 2. The zero-order chi connectivity index (χ0) is 16.1. The van der Waals surface area contributed by atoms with Crippen LogP contribution in [0.4, 0.5) is 0 Å². The molecule has 2 aromatic rings. The highest BCUT2D eigenvalue weighted by Crippen LogP contribution is 2.23. The van der Waals surface area contributed by atoms with Gasteiger partial charge in [0.1, 0.15) is 0 Å². The summed E-state index contributed by atoms with van der Waals surface area (Å²) in [6.45, 7) is 4.21. The Labute approximate surface area is 137 Å². The van der Waals surface area contributed by atoms with Gasteiger partial charge in [-0.1, -0.05) is 48.9 Å². The van der Waals surface area contributed by atoms with Crippen LogP contribution in [0.25, 0.3) is 0 Å². The summed E-state index contributed by atoms with van der Waals surface area (Å²) in [5.74, 6) is 0.0453. The quantitative estimate of drug-likeness (QED) is 0.772. The average Bonchev–Trinajstić information content (AvgIpc) is 2.52. The second-order valence-electron chi connectivity index (χ2n) is 5.59. The van der Waals surface area contributed by atoms with Gasteiger partial charge in [0.2, 0.25) is 0 Å². The summed E-state index contributed by atoms with van der Waals surface area (Å²) in [5.41, 5.74) is 10.5. The summed E-state index contributed by atoms with van der Waals surface area (Å²) in [5, 5.41) is 0.504. The number of halogens is 1. The molecule has 0 radical (unpaired) electrons. The lowest BCUT2D eigenvalue weighted by Gasteiger charge is -2.15. The topological polar surface area (TPSA) is 43.1 Å². The molecular weight excluding hydrogens is 294 g/mol. The van der Waals surface area contributed by atoms with Crippen molar-refractivity contribution < 1.29 is 4.79 Å². The van der Waals surface area contributed by atoms with Crippen LogP contribution in [0.1, 0.15) is 52.9 Å². The number of nitrogens with two attached hydrogens (primary N) is 1. The number of hydrogen-bond donors (Lipinski definition) is 1. The van der Waals surface area contributed by atoms with E-state index in [1.807, 2.05) is 12.1 Å². The number of benzene rings is 2. The van der Waals surface area contributed by atoms with Crippen molar-refractivity contribution in [3.05, 3.63) is 69.7 Å². The molecule has 116 valence electrons. The fourth-order valence-corrected chi connectivity index (χ4v) is 2.88. The highest BCUT2D eigenvalue weighted by molar-refractivity contribution is 6.33.